The Kier molecular flexibility index (Phi) is 21.7. The van der Waals surface area contributed by atoms with Gasteiger partial charge in [-0.2, -0.15) is 0 Å². The number of carbonyl (C=O) groups is 2. The van der Waals surface area contributed by atoms with Crippen LogP contribution < -0.4 is 138 Å². The summed E-state index contributed by atoms with van der Waals surface area (Å²) in [5.41, 5.74) is -0.386. The van der Waals surface area contributed by atoms with Crippen LogP contribution in [0.4, 0.5) is 34.1 Å². The van der Waals surface area contributed by atoms with E-state index in [4.69, 9.17) is 9.47 Å². The maximum absolute atomic E-state index is 12.3. The van der Waals surface area contributed by atoms with Crippen LogP contribution in [-0.2, 0) is 50.1 Å². The number of methoxy groups -OCH3 is 2. The molecule has 6 aromatic carbocycles. The number of rotatable bonds is 13. The predicted molar refractivity (Wildman–Crippen MR) is 222 cm³/mol. The third-order valence-electron chi connectivity index (χ3n) is 8.97. The minimum atomic E-state index is -5.29. The maximum atomic E-state index is 12.3. The first-order valence-electron chi connectivity index (χ1n) is 17.6. The number of benzene rings is 6. The molecule has 6 rings (SSSR count). The standard InChI is InChI=1S/C38H32N6O16S4.4Na/c1-19(45)39-31-15-25(61(47,48)49)9-23-13-37(63(53,54)55)33(17-27(23)31)43-41-29-7-5-21(11-35(29)59-3)22-6-8-30(36(12-22)60-4)42-44-34-18-28-24(14-38(34)64(56,57)58)10-26(62(50,51)52)16-32(28)40-20(2)46;;;;/h5-18H,1-4H3,(H,39,45)(H,40,46)(H,47,48,49)(H,50,51,52)(H,53,54,55)(H,56,57,58);;;;/q;4*+1/p-4. The topological polar surface area (TPSA) is 355 Å². The third kappa shape index (κ3) is 14.7. The molecular formula is C38H28N6Na4O16S4. The van der Waals surface area contributed by atoms with Crippen LogP contribution >= 0.6 is 0 Å². The van der Waals surface area contributed by atoms with E-state index < -0.39 is 83.2 Å². The van der Waals surface area contributed by atoms with E-state index in [0.29, 0.717) is 11.1 Å². The zero-order chi connectivity index (χ0) is 47.1. The number of anilines is 2. The summed E-state index contributed by atoms with van der Waals surface area (Å²) in [6.45, 7) is 2.20. The Morgan fingerprint density at radius 1 is 0.456 bits per heavy atom. The van der Waals surface area contributed by atoms with E-state index in [1.807, 2.05) is 0 Å². The smallest absolute Gasteiger partial charge is 0.744 e. The van der Waals surface area contributed by atoms with Gasteiger partial charge >= 0.3 is 118 Å². The van der Waals surface area contributed by atoms with Crippen LogP contribution in [0.25, 0.3) is 32.7 Å². The monoisotopic (exact) mass is 1040 g/mol. The van der Waals surface area contributed by atoms with Gasteiger partial charge in [0.2, 0.25) is 11.8 Å². The van der Waals surface area contributed by atoms with Gasteiger partial charge in [-0.05, 0) is 94.7 Å². The van der Waals surface area contributed by atoms with Crippen LogP contribution in [-0.4, -0.2) is 77.9 Å². The van der Waals surface area contributed by atoms with Crippen LogP contribution in [0.15, 0.2) is 125 Å². The molecule has 0 aliphatic heterocycles. The van der Waals surface area contributed by atoms with Gasteiger partial charge in [0.25, 0.3) is 0 Å². The molecule has 2 N–H and O–H groups in total. The Morgan fingerprint density at radius 2 is 0.779 bits per heavy atom. The number of nitrogens with one attached hydrogen (secondary N) is 2. The van der Waals surface area contributed by atoms with Crippen molar-refractivity contribution in [3.63, 3.8) is 0 Å². The molecule has 0 aliphatic rings. The normalized spacial score (nSPS) is 11.8. The maximum Gasteiger partial charge on any atom is 1.00 e. The van der Waals surface area contributed by atoms with Gasteiger partial charge in [-0.1, -0.05) is 12.1 Å². The van der Waals surface area contributed by atoms with Crippen molar-refractivity contribution in [1.29, 1.82) is 0 Å². The summed E-state index contributed by atoms with van der Waals surface area (Å²) < 4.78 is 156. The number of amides is 2. The number of carbonyl (C=O) groups excluding carboxylic acids is 2. The van der Waals surface area contributed by atoms with Gasteiger partial charge in [0.1, 0.15) is 74.7 Å². The molecule has 0 spiro atoms. The summed E-state index contributed by atoms with van der Waals surface area (Å²) in [5.74, 6) is -1.16. The van der Waals surface area contributed by atoms with Crippen LogP contribution in [0.5, 0.6) is 11.5 Å². The van der Waals surface area contributed by atoms with Gasteiger partial charge < -0.3 is 38.3 Å². The zero-order valence-electron chi connectivity index (χ0n) is 37.0. The van der Waals surface area contributed by atoms with Crippen molar-refractivity contribution in [2.24, 2.45) is 20.5 Å². The number of hydrogen-bond acceptors (Lipinski definition) is 20. The molecule has 68 heavy (non-hydrogen) atoms. The Balaban J connectivity index is 0.00000397. The largest absolute Gasteiger partial charge is 1.00 e. The van der Waals surface area contributed by atoms with Gasteiger partial charge in [-0.25, -0.2) is 33.7 Å². The number of azo groups is 2. The van der Waals surface area contributed by atoms with Crippen molar-refractivity contribution in [3.05, 3.63) is 84.9 Å². The molecule has 6 aromatic rings. The summed E-state index contributed by atoms with van der Waals surface area (Å²) in [6, 6.07) is 16.1. The Labute approximate surface area is 477 Å². The first-order chi connectivity index (χ1) is 29.8. The molecule has 0 saturated carbocycles. The molecule has 0 bridgehead atoms. The fraction of sp³-hybridized carbons (Fsp3) is 0.105. The molecule has 0 aliphatic carbocycles. The van der Waals surface area contributed by atoms with Crippen molar-refractivity contribution in [3.8, 4) is 22.6 Å². The molecule has 2 amide bonds. The van der Waals surface area contributed by atoms with Crippen molar-refractivity contribution in [2.45, 2.75) is 33.4 Å². The Morgan fingerprint density at radius 3 is 1.06 bits per heavy atom. The average molecular weight is 1040 g/mol. The van der Waals surface area contributed by atoms with Gasteiger partial charge in [0.05, 0.1) is 33.8 Å². The first-order valence-corrected chi connectivity index (χ1v) is 23.2. The fourth-order valence-electron chi connectivity index (χ4n) is 6.23. The second-order valence-electron chi connectivity index (χ2n) is 13.4. The summed E-state index contributed by atoms with van der Waals surface area (Å²) >= 11 is 0. The number of ether oxygens (including phenoxy) is 2. The summed E-state index contributed by atoms with van der Waals surface area (Å²) in [7, 11) is -18.2. The summed E-state index contributed by atoms with van der Waals surface area (Å²) in [6.07, 6.45) is 0. The molecule has 0 heterocycles. The predicted octanol–water partition coefficient (Wildman–Crippen LogP) is -5.94. The van der Waals surface area contributed by atoms with Gasteiger partial charge in [0, 0.05) is 36.0 Å². The average Bonchev–Trinajstić information content (AvgIpc) is 3.19. The van der Waals surface area contributed by atoms with Crippen molar-refractivity contribution in [1.82, 2.24) is 0 Å². The van der Waals surface area contributed by atoms with Gasteiger partial charge in [-0.15, -0.1) is 20.5 Å². The SMILES string of the molecule is COc1cc(-c2ccc(N=Nc3cc4c(NC(C)=O)cc(S(=O)(=O)[O-])cc4cc3S(=O)(=O)[O-])c(OC)c2)ccc1N=Nc1cc2c(NC(C)=O)cc(S(=O)(=O)[O-])cc2cc1S(=O)(=O)[O-].[Na+].[Na+].[Na+].[Na+]. The number of hydrogen-bond donors (Lipinski definition) is 2. The molecular weight excluding hydrogens is 1020 g/mol. The Bertz CT molecular complexity index is 3280. The summed E-state index contributed by atoms with van der Waals surface area (Å²) in [4.78, 5) is 20.3. The zero-order valence-corrected chi connectivity index (χ0v) is 48.3. The van der Waals surface area contributed by atoms with E-state index >= 15 is 0 Å². The molecule has 30 heteroatoms. The van der Waals surface area contributed by atoms with E-state index in [1.165, 1.54) is 38.5 Å². The van der Waals surface area contributed by atoms with E-state index in [1.54, 1.807) is 12.1 Å². The van der Waals surface area contributed by atoms with Crippen molar-refractivity contribution in [2.75, 3.05) is 24.9 Å². The molecule has 0 saturated heterocycles. The molecule has 22 nitrogen and oxygen atoms in total. The van der Waals surface area contributed by atoms with Crippen LogP contribution in [0.2, 0.25) is 0 Å². The van der Waals surface area contributed by atoms with E-state index in [2.05, 4.69) is 31.1 Å². The minimum absolute atomic E-state index is 0. The quantitative estimate of drug-likeness (QED) is 0.0618. The Hall–Kier alpha value is -2.78. The van der Waals surface area contributed by atoms with E-state index in [0.717, 1.165) is 62.4 Å². The number of nitrogens with zero attached hydrogens (tertiary/aromatic N) is 4. The molecule has 0 fully saturated rings. The fourth-order valence-corrected chi connectivity index (χ4v) is 8.55. The molecule has 0 aromatic heterocycles. The van der Waals surface area contributed by atoms with Crippen molar-refractivity contribution < 1.29 is 189 Å². The van der Waals surface area contributed by atoms with Crippen LogP contribution in [0.1, 0.15) is 13.8 Å². The van der Waals surface area contributed by atoms with Crippen LogP contribution in [0, 0.1) is 0 Å². The van der Waals surface area contributed by atoms with Crippen molar-refractivity contribution >= 4 is 108 Å². The van der Waals surface area contributed by atoms with Crippen LogP contribution in [0.3, 0.4) is 0 Å². The third-order valence-corrected chi connectivity index (χ3v) is 12.3. The summed E-state index contributed by atoms with van der Waals surface area (Å²) in [5, 5.41) is 20.4. The molecule has 0 atom stereocenters. The number of fused-ring (bicyclic) bond motifs is 2. The van der Waals surface area contributed by atoms with E-state index in [9.17, 15) is 61.5 Å². The van der Waals surface area contributed by atoms with E-state index in [-0.39, 0.29) is 174 Å². The van der Waals surface area contributed by atoms with Gasteiger partial charge in [0.15, 0.2) is 0 Å². The second-order valence-corrected chi connectivity index (χ2v) is 18.8. The molecule has 0 unspecified atom stereocenters. The minimum Gasteiger partial charge on any atom is -0.744 e. The molecule has 0 radical (unpaired) electrons. The van der Waals surface area contributed by atoms with Gasteiger partial charge in [-0.3, -0.25) is 9.59 Å². The second kappa shape index (κ2) is 24.1. The molecule has 334 valence electrons. The first kappa shape index (κ1) is 61.3.